The van der Waals surface area contributed by atoms with Crippen molar-refractivity contribution in [1.29, 1.82) is 0 Å². The summed E-state index contributed by atoms with van der Waals surface area (Å²) in [7, 11) is 0. The number of rotatable bonds is 5. The molecule has 0 fully saturated rings. The lowest BCUT2D eigenvalue weighted by atomic mass is 10.1. The van der Waals surface area contributed by atoms with Gasteiger partial charge in [-0.3, -0.25) is 4.57 Å². The number of pyridine rings is 1. The molecule has 2 aromatic heterocycles. The predicted octanol–water partition coefficient (Wildman–Crippen LogP) is 2.34. The van der Waals surface area contributed by atoms with E-state index in [9.17, 15) is 4.79 Å². The van der Waals surface area contributed by atoms with Gasteiger partial charge in [0.25, 0.3) is 0 Å². The van der Waals surface area contributed by atoms with Gasteiger partial charge in [0, 0.05) is 12.7 Å². The third kappa shape index (κ3) is 2.54. The Hall–Kier alpha value is -1.23. The maximum absolute atomic E-state index is 11.7. The van der Waals surface area contributed by atoms with Crippen molar-refractivity contribution < 1.29 is 4.42 Å². The van der Waals surface area contributed by atoms with Crippen molar-refractivity contribution in [2.45, 2.75) is 26.3 Å². The fourth-order valence-electron chi connectivity index (χ4n) is 1.97. The van der Waals surface area contributed by atoms with E-state index in [-0.39, 0.29) is 5.76 Å². The molecule has 2 aromatic rings. The first-order valence-electron chi connectivity index (χ1n) is 5.81. The van der Waals surface area contributed by atoms with Crippen LogP contribution in [0.5, 0.6) is 0 Å². The SMILES string of the molecule is CCCC(CS)Cn1c(=O)oc2cccnc21. The Bertz CT molecular complexity index is 547. The number of thiol groups is 1. The molecule has 0 aliphatic heterocycles. The molecule has 92 valence electrons. The van der Waals surface area contributed by atoms with Gasteiger partial charge in [-0.05, 0) is 30.2 Å². The molecular weight excluding hydrogens is 236 g/mol. The van der Waals surface area contributed by atoms with E-state index in [4.69, 9.17) is 4.42 Å². The molecule has 2 heterocycles. The number of fused-ring (bicyclic) bond motifs is 1. The van der Waals surface area contributed by atoms with Crippen molar-refractivity contribution in [3.63, 3.8) is 0 Å². The number of nitrogens with zero attached hydrogens (tertiary/aromatic N) is 2. The van der Waals surface area contributed by atoms with Crippen LogP contribution in [0.2, 0.25) is 0 Å². The van der Waals surface area contributed by atoms with Crippen LogP contribution in [0.1, 0.15) is 19.8 Å². The van der Waals surface area contributed by atoms with Crippen LogP contribution >= 0.6 is 12.6 Å². The minimum atomic E-state index is -0.332. The zero-order chi connectivity index (χ0) is 12.3. The third-order valence-corrected chi connectivity index (χ3v) is 3.34. The van der Waals surface area contributed by atoms with Gasteiger partial charge < -0.3 is 4.42 Å². The molecule has 0 aliphatic rings. The Balaban J connectivity index is 2.34. The average molecular weight is 252 g/mol. The second kappa shape index (κ2) is 5.40. The normalized spacial score (nSPS) is 13.1. The maximum atomic E-state index is 11.7. The van der Waals surface area contributed by atoms with Gasteiger partial charge in [0.1, 0.15) is 0 Å². The lowest BCUT2D eigenvalue weighted by Crippen LogP contribution is -2.21. The molecule has 1 atom stereocenters. The monoisotopic (exact) mass is 252 g/mol. The van der Waals surface area contributed by atoms with Crippen LogP contribution in [0.4, 0.5) is 0 Å². The summed E-state index contributed by atoms with van der Waals surface area (Å²) in [6.07, 6.45) is 3.81. The van der Waals surface area contributed by atoms with Crippen LogP contribution in [-0.2, 0) is 6.54 Å². The van der Waals surface area contributed by atoms with Crippen LogP contribution in [0, 0.1) is 5.92 Å². The Morgan fingerprint density at radius 2 is 2.41 bits per heavy atom. The molecule has 0 spiro atoms. The molecule has 2 rings (SSSR count). The fraction of sp³-hybridized carbons (Fsp3) is 0.500. The molecule has 5 heteroatoms. The lowest BCUT2D eigenvalue weighted by Gasteiger charge is -2.12. The predicted molar refractivity (Wildman–Crippen MR) is 70.5 cm³/mol. The molecule has 0 bridgehead atoms. The first-order valence-corrected chi connectivity index (χ1v) is 6.44. The average Bonchev–Trinajstić information content (AvgIpc) is 2.65. The van der Waals surface area contributed by atoms with Crippen LogP contribution < -0.4 is 5.76 Å². The number of hydrogen-bond donors (Lipinski definition) is 1. The van der Waals surface area contributed by atoms with E-state index in [2.05, 4.69) is 24.5 Å². The minimum absolute atomic E-state index is 0.332. The molecule has 0 saturated heterocycles. The van der Waals surface area contributed by atoms with Gasteiger partial charge in [0.05, 0.1) is 0 Å². The molecule has 1 unspecified atom stereocenters. The second-order valence-electron chi connectivity index (χ2n) is 4.14. The highest BCUT2D eigenvalue weighted by molar-refractivity contribution is 7.80. The zero-order valence-electron chi connectivity index (χ0n) is 9.80. The Morgan fingerprint density at radius 3 is 3.12 bits per heavy atom. The summed E-state index contributed by atoms with van der Waals surface area (Å²) < 4.78 is 6.75. The highest BCUT2D eigenvalue weighted by Gasteiger charge is 2.14. The van der Waals surface area contributed by atoms with Crippen molar-refractivity contribution in [1.82, 2.24) is 9.55 Å². The summed E-state index contributed by atoms with van der Waals surface area (Å²) in [6.45, 7) is 2.76. The largest absolute Gasteiger partial charge is 0.421 e. The molecule has 0 radical (unpaired) electrons. The van der Waals surface area contributed by atoms with Crippen LogP contribution in [0.25, 0.3) is 11.2 Å². The van der Waals surface area contributed by atoms with Gasteiger partial charge >= 0.3 is 5.76 Å². The van der Waals surface area contributed by atoms with Crippen molar-refractivity contribution in [3.8, 4) is 0 Å². The Morgan fingerprint density at radius 1 is 1.59 bits per heavy atom. The molecule has 0 saturated carbocycles. The summed E-state index contributed by atoms with van der Waals surface area (Å²) in [5.74, 6) is 0.810. The summed E-state index contributed by atoms with van der Waals surface area (Å²) in [6, 6.07) is 3.52. The topological polar surface area (TPSA) is 48.0 Å². The van der Waals surface area contributed by atoms with Crippen molar-refractivity contribution >= 4 is 23.9 Å². The molecule has 0 amide bonds. The summed E-state index contributed by atoms with van der Waals surface area (Å²) in [5.41, 5.74) is 1.17. The highest BCUT2D eigenvalue weighted by atomic mass is 32.1. The first kappa shape index (κ1) is 12.2. The fourth-order valence-corrected chi connectivity index (χ4v) is 2.27. The van der Waals surface area contributed by atoms with E-state index in [0.717, 1.165) is 18.6 Å². The smallest absolute Gasteiger partial charge is 0.406 e. The van der Waals surface area contributed by atoms with Gasteiger partial charge in [-0.15, -0.1) is 0 Å². The van der Waals surface area contributed by atoms with Crippen molar-refractivity contribution in [3.05, 3.63) is 28.9 Å². The van der Waals surface area contributed by atoms with E-state index >= 15 is 0 Å². The van der Waals surface area contributed by atoms with Crippen molar-refractivity contribution in [2.24, 2.45) is 5.92 Å². The lowest BCUT2D eigenvalue weighted by molar-refractivity contribution is 0.421. The molecule has 0 N–H and O–H groups in total. The van der Waals surface area contributed by atoms with Gasteiger partial charge in [-0.25, -0.2) is 9.78 Å². The number of aromatic nitrogens is 2. The van der Waals surface area contributed by atoms with E-state index in [0.29, 0.717) is 23.7 Å². The summed E-state index contributed by atoms with van der Waals surface area (Å²) >= 11 is 4.32. The Kier molecular flexibility index (Phi) is 3.89. The second-order valence-corrected chi connectivity index (χ2v) is 4.51. The van der Waals surface area contributed by atoms with Gasteiger partial charge in [0.15, 0.2) is 11.2 Å². The van der Waals surface area contributed by atoms with Gasteiger partial charge in [-0.2, -0.15) is 12.6 Å². The molecule has 0 aliphatic carbocycles. The Labute approximate surface area is 105 Å². The standard InChI is InChI=1S/C12H16N2O2S/c1-2-4-9(8-17)7-14-11-10(16-12(14)15)5-3-6-13-11/h3,5-6,9,17H,2,4,7-8H2,1H3. The molecule has 4 nitrogen and oxygen atoms in total. The quantitative estimate of drug-likeness (QED) is 0.831. The molecule has 17 heavy (non-hydrogen) atoms. The number of oxazole rings is 1. The van der Waals surface area contributed by atoms with Crippen LogP contribution in [0.15, 0.2) is 27.5 Å². The van der Waals surface area contributed by atoms with E-state index in [1.165, 1.54) is 0 Å². The van der Waals surface area contributed by atoms with Gasteiger partial charge in [-0.1, -0.05) is 13.3 Å². The maximum Gasteiger partial charge on any atom is 0.421 e. The first-order chi connectivity index (χ1) is 8.26. The summed E-state index contributed by atoms with van der Waals surface area (Å²) in [5, 5.41) is 0. The number of hydrogen-bond acceptors (Lipinski definition) is 4. The van der Waals surface area contributed by atoms with Gasteiger partial charge in [0.2, 0.25) is 0 Å². The van der Waals surface area contributed by atoms with Crippen LogP contribution in [-0.4, -0.2) is 15.3 Å². The van der Waals surface area contributed by atoms with E-state index in [1.807, 2.05) is 0 Å². The summed E-state index contributed by atoms with van der Waals surface area (Å²) in [4.78, 5) is 15.9. The zero-order valence-corrected chi connectivity index (χ0v) is 10.7. The molecular formula is C12H16N2O2S. The van der Waals surface area contributed by atoms with Crippen molar-refractivity contribution in [2.75, 3.05) is 5.75 Å². The van der Waals surface area contributed by atoms with Crippen LogP contribution in [0.3, 0.4) is 0 Å². The molecule has 0 aromatic carbocycles. The highest BCUT2D eigenvalue weighted by Crippen LogP contribution is 2.14. The third-order valence-electron chi connectivity index (χ3n) is 2.82. The minimum Gasteiger partial charge on any atom is -0.406 e. The van der Waals surface area contributed by atoms with E-state index < -0.39 is 0 Å². The van der Waals surface area contributed by atoms with E-state index in [1.54, 1.807) is 22.9 Å².